The third-order valence-corrected chi connectivity index (χ3v) is 5.12. The molecule has 5 nitrogen and oxygen atoms in total. The number of benzene rings is 1. The zero-order chi connectivity index (χ0) is 17.4. The number of fused-ring (bicyclic) bond motifs is 3. The molecule has 1 aliphatic rings. The highest BCUT2D eigenvalue weighted by atomic mass is 16.1. The number of nitrogens with zero attached hydrogens (tertiary/aromatic N) is 2. The molecule has 130 valence electrons. The van der Waals surface area contributed by atoms with Gasteiger partial charge in [0.2, 0.25) is 0 Å². The highest BCUT2D eigenvalue weighted by Gasteiger charge is 2.20. The first-order valence-electron chi connectivity index (χ1n) is 9.00. The Morgan fingerprint density at radius 1 is 1.48 bits per heavy atom. The number of carbonyl (C=O) groups is 1. The van der Waals surface area contributed by atoms with Crippen LogP contribution in [0.15, 0.2) is 36.9 Å². The smallest absolute Gasteiger partial charge is 0.251 e. The number of amides is 1. The third-order valence-electron chi connectivity index (χ3n) is 5.12. The summed E-state index contributed by atoms with van der Waals surface area (Å²) in [5.41, 5.74) is 4.61. The minimum Gasteiger partial charge on any atom is -0.358 e. The molecule has 0 bridgehead atoms. The lowest BCUT2D eigenvalue weighted by atomic mass is 9.87. The first-order chi connectivity index (χ1) is 12.1. The van der Waals surface area contributed by atoms with Gasteiger partial charge in [0.15, 0.2) is 0 Å². The number of aryl methyl sites for hydroxylation is 1. The van der Waals surface area contributed by atoms with Gasteiger partial charge in [0.05, 0.1) is 6.33 Å². The Bertz CT molecular complexity index is 894. The molecule has 1 aromatic carbocycles. The van der Waals surface area contributed by atoms with E-state index in [1.54, 1.807) is 12.5 Å². The van der Waals surface area contributed by atoms with Gasteiger partial charge in [0.1, 0.15) is 0 Å². The second-order valence-corrected chi connectivity index (χ2v) is 7.32. The molecular weight excluding hydrogens is 312 g/mol. The van der Waals surface area contributed by atoms with Crippen molar-refractivity contribution >= 4 is 16.8 Å². The van der Waals surface area contributed by atoms with Crippen molar-refractivity contribution in [1.82, 2.24) is 19.9 Å². The van der Waals surface area contributed by atoms with Crippen LogP contribution in [-0.4, -0.2) is 26.5 Å². The molecule has 2 unspecified atom stereocenters. The fraction of sp³-hybridized carbons (Fsp3) is 0.400. The molecule has 1 aliphatic carbocycles. The molecule has 4 rings (SSSR count). The van der Waals surface area contributed by atoms with E-state index in [1.807, 2.05) is 35.9 Å². The van der Waals surface area contributed by atoms with Crippen LogP contribution in [0.2, 0.25) is 0 Å². The molecule has 0 radical (unpaired) electrons. The molecule has 3 aromatic rings. The van der Waals surface area contributed by atoms with Crippen molar-refractivity contribution in [2.24, 2.45) is 5.92 Å². The number of H-pyrrole nitrogens is 1. The second kappa shape index (κ2) is 6.39. The van der Waals surface area contributed by atoms with E-state index >= 15 is 0 Å². The Balaban J connectivity index is 1.54. The number of nitrogens with one attached hydrogen (secondary N) is 2. The number of aromatic nitrogens is 3. The van der Waals surface area contributed by atoms with Crippen molar-refractivity contribution in [2.75, 3.05) is 0 Å². The second-order valence-electron chi connectivity index (χ2n) is 7.32. The number of hydrogen-bond acceptors (Lipinski definition) is 2. The fourth-order valence-electron chi connectivity index (χ4n) is 3.80. The Hall–Kier alpha value is -2.56. The molecule has 2 aromatic heterocycles. The van der Waals surface area contributed by atoms with Crippen LogP contribution < -0.4 is 5.32 Å². The highest BCUT2D eigenvalue weighted by Crippen LogP contribution is 2.32. The number of imidazole rings is 1. The summed E-state index contributed by atoms with van der Waals surface area (Å²) in [6, 6.07) is 6.03. The lowest BCUT2D eigenvalue weighted by Crippen LogP contribution is -2.35. The van der Waals surface area contributed by atoms with E-state index in [2.05, 4.69) is 22.2 Å². The predicted octanol–water partition coefficient (Wildman–Crippen LogP) is 3.31. The first-order valence-corrected chi connectivity index (χ1v) is 9.00. The van der Waals surface area contributed by atoms with Crippen molar-refractivity contribution < 1.29 is 4.79 Å². The standard InChI is InChI=1S/C20H24N4O/c1-13-3-5-18-16(9-13)17-10-15(4-6-19(17)23-18)20(25)22-14(2)11-24-8-7-21-12-24/h4,6-8,10,12-14,23H,3,5,9,11H2,1-2H3,(H,22,25). The summed E-state index contributed by atoms with van der Waals surface area (Å²) in [4.78, 5) is 20.2. The van der Waals surface area contributed by atoms with Gasteiger partial charge < -0.3 is 14.9 Å². The molecule has 1 amide bonds. The van der Waals surface area contributed by atoms with E-state index in [-0.39, 0.29) is 11.9 Å². The number of hydrogen-bond donors (Lipinski definition) is 2. The van der Waals surface area contributed by atoms with Gasteiger partial charge in [-0.15, -0.1) is 0 Å². The van der Waals surface area contributed by atoms with E-state index in [4.69, 9.17) is 0 Å². The van der Waals surface area contributed by atoms with Gasteiger partial charge in [-0.3, -0.25) is 4.79 Å². The van der Waals surface area contributed by atoms with Crippen LogP contribution in [-0.2, 0) is 19.4 Å². The van der Waals surface area contributed by atoms with Crippen molar-refractivity contribution in [1.29, 1.82) is 0 Å². The van der Waals surface area contributed by atoms with Gasteiger partial charge in [-0.1, -0.05) is 6.92 Å². The molecule has 2 N–H and O–H groups in total. The largest absolute Gasteiger partial charge is 0.358 e. The number of rotatable bonds is 4. The van der Waals surface area contributed by atoms with Crippen LogP contribution in [0.3, 0.4) is 0 Å². The Kier molecular flexibility index (Phi) is 4.07. The predicted molar refractivity (Wildman–Crippen MR) is 98.6 cm³/mol. The monoisotopic (exact) mass is 336 g/mol. The van der Waals surface area contributed by atoms with Crippen LogP contribution in [0.4, 0.5) is 0 Å². The topological polar surface area (TPSA) is 62.7 Å². The lowest BCUT2D eigenvalue weighted by Gasteiger charge is -2.18. The van der Waals surface area contributed by atoms with Gasteiger partial charge >= 0.3 is 0 Å². The molecule has 0 saturated carbocycles. The quantitative estimate of drug-likeness (QED) is 0.768. The minimum absolute atomic E-state index is 0.0201. The van der Waals surface area contributed by atoms with Gasteiger partial charge in [-0.25, -0.2) is 4.98 Å². The Morgan fingerprint density at radius 2 is 2.36 bits per heavy atom. The Labute approximate surface area is 147 Å². The van der Waals surface area contributed by atoms with Crippen molar-refractivity contribution in [3.63, 3.8) is 0 Å². The minimum atomic E-state index is -0.0201. The summed E-state index contributed by atoms with van der Waals surface area (Å²) in [5, 5.41) is 4.29. The molecule has 0 spiro atoms. The molecule has 2 atom stereocenters. The molecule has 0 saturated heterocycles. The van der Waals surface area contributed by atoms with E-state index < -0.39 is 0 Å². The molecule has 25 heavy (non-hydrogen) atoms. The molecule has 5 heteroatoms. The number of carbonyl (C=O) groups excluding carboxylic acids is 1. The molecule has 0 aliphatic heterocycles. The summed E-state index contributed by atoms with van der Waals surface area (Å²) in [5.74, 6) is 0.688. The van der Waals surface area contributed by atoms with Gasteiger partial charge in [0, 0.05) is 47.1 Å². The molecule has 2 heterocycles. The maximum absolute atomic E-state index is 12.6. The van der Waals surface area contributed by atoms with E-state index in [0.717, 1.165) is 23.9 Å². The Morgan fingerprint density at radius 3 is 3.16 bits per heavy atom. The summed E-state index contributed by atoms with van der Waals surface area (Å²) in [6.07, 6.45) is 8.85. The zero-order valence-corrected chi connectivity index (χ0v) is 14.7. The normalized spacial score (nSPS) is 18.1. The van der Waals surface area contributed by atoms with Gasteiger partial charge in [0.25, 0.3) is 5.91 Å². The van der Waals surface area contributed by atoms with Crippen molar-refractivity contribution in [3.8, 4) is 0 Å². The maximum Gasteiger partial charge on any atom is 0.251 e. The average molecular weight is 336 g/mol. The van der Waals surface area contributed by atoms with Crippen molar-refractivity contribution in [2.45, 2.75) is 45.7 Å². The zero-order valence-electron chi connectivity index (χ0n) is 14.7. The van der Waals surface area contributed by atoms with E-state index in [1.165, 1.54) is 23.1 Å². The van der Waals surface area contributed by atoms with Crippen LogP contribution in [0.25, 0.3) is 10.9 Å². The summed E-state index contributed by atoms with van der Waals surface area (Å²) < 4.78 is 1.97. The SMILES string of the molecule is CC1CCc2[nH]c3ccc(C(=O)NC(C)Cn4ccnc4)cc3c2C1. The van der Waals surface area contributed by atoms with Crippen LogP contribution >= 0.6 is 0 Å². The highest BCUT2D eigenvalue weighted by molar-refractivity contribution is 5.99. The van der Waals surface area contributed by atoms with Crippen LogP contribution in [0.5, 0.6) is 0 Å². The van der Waals surface area contributed by atoms with Crippen molar-refractivity contribution in [3.05, 3.63) is 53.7 Å². The van der Waals surface area contributed by atoms with E-state index in [9.17, 15) is 4.79 Å². The summed E-state index contributed by atoms with van der Waals surface area (Å²) in [7, 11) is 0. The summed E-state index contributed by atoms with van der Waals surface area (Å²) in [6.45, 7) is 5.03. The maximum atomic E-state index is 12.6. The average Bonchev–Trinajstić information content (AvgIpc) is 3.21. The number of aromatic amines is 1. The first kappa shape index (κ1) is 15.9. The summed E-state index contributed by atoms with van der Waals surface area (Å²) >= 11 is 0. The van der Waals surface area contributed by atoms with Gasteiger partial charge in [-0.05, 0) is 55.9 Å². The third kappa shape index (κ3) is 3.18. The fourth-order valence-corrected chi connectivity index (χ4v) is 3.80. The molecular formula is C20H24N4O. The van der Waals surface area contributed by atoms with Crippen LogP contribution in [0.1, 0.15) is 41.9 Å². The molecule has 0 fully saturated rings. The van der Waals surface area contributed by atoms with Crippen LogP contribution in [0, 0.1) is 5.92 Å². The lowest BCUT2D eigenvalue weighted by molar-refractivity contribution is 0.0937. The van der Waals surface area contributed by atoms with E-state index in [0.29, 0.717) is 12.5 Å². The van der Waals surface area contributed by atoms with Gasteiger partial charge in [-0.2, -0.15) is 0 Å².